The summed E-state index contributed by atoms with van der Waals surface area (Å²) in [5, 5.41) is 9.39. The maximum atomic E-state index is 11.9. The molecule has 0 aliphatic rings. The van der Waals surface area contributed by atoms with E-state index < -0.39 is 6.10 Å². The van der Waals surface area contributed by atoms with E-state index in [4.69, 9.17) is 14.2 Å². The highest BCUT2D eigenvalue weighted by Crippen LogP contribution is 2.10. The van der Waals surface area contributed by atoms with Crippen LogP contribution in [0.5, 0.6) is 0 Å². The summed E-state index contributed by atoms with van der Waals surface area (Å²) in [6.07, 6.45) is 13.2. The molecule has 6 nitrogen and oxygen atoms in total. The third-order valence-electron chi connectivity index (χ3n) is 4.96. The summed E-state index contributed by atoms with van der Waals surface area (Å²) in [7, 11) is 0. The van der Waals surface area contributed by atoms with Gasteiger partial charge in [0.05, 0.1) is 19.8 Å². The lowest BCUT2D eigenvalue weighted by Crippen LogP contribution is -2.29. The Hall–Kier alpha value is -1.14. The highest BCUT2D eigenvalue weighted by Gasteiger charge is 2.15. The average molecular weight is 431 g/mol. The number of esters is 2. The van der Waals surface area contributed by atoms with E-state index in [1.54, 1.807) is 6.92 Å². The van der Waals surface area contributed by atoms with Crippen molar-refractivity contribution in [2.45, 2.75) is 123 Å². The zero-order chi connectivity index (χ0) is 22.5. The molecule has 0 amide bonds. The molecule has 0 heterocycles. The first-order valence-electron chi connectivity index (χ1n) is 12.1. The van der Waals surface area contributed by atoms with Crippen LogP contribution >= 0.6 is 0 Å². The third kappa shape index (κ3) is 18.9. The first-order valence-corrected chi connectivity index (χ1v) is 12.1. The molecule has 0 aromatic heterocycles. The smallest absolute Gasteiger partial charge is 0.306 e. The SMILES string of the molecule is CCCCCCCCC(=O)OC(C)COCC(CO)OC(=O)CCCCCCCC. The number of unbranched alkanes of at least 4 members (excludes halogenated alkanes) is 10. The summed E-state index contributed by atoms with van der Waals surface area (Å²) in [5.41, 5.74) is 0. The normalized spacial score (nSPS) is 13.1. The second-order valence-corrected chi connectivity index (χ2v) is 8.17. The van der Waals surface area contributed by atoms with Crippen molar-refractivity contribution in [2.24, 2.45) is 0 Å². The van der Waals surface area contributed by atoms with Crippen LogP contribution in [0.4, 0.5) is 0 Å². The molecule has 0 saturated carbocycles. The zero-order valence-corrected chi connectivity index (χ0v) is 19.7. The van der Waals surface area contributed by atoms with Crippen LogP contribution in [0.3, 0.4) is 0 Å². The van der Waals surface area contributed by atoms with Gasteiger partial charge >= 0.3 is 11.9 Å². The van der Waals surface area contributed by atoms with Crippen molar-refractivity contribution in [1.29, 1.82) is 0 Å². The number of aliphatic hydroxyl groups is 1. The third-order valence-corrected chi connectivity index (χ3v) is 4.96. The molecule has 0 aromatic carbocycles. The number of carbonyl (C=O) groups excluding carboxylic acids is 2. The van der Waals surface area contributed by atoms with Gasteiger partial charge in [0.25, 0.3) is 0 Å². The van der Waals surface area contributed by atoms with E-state index in [0.29, 0.717) is 12.8 Å². The van der Waals surface area contributed by atoms with Crippen LogP contribution < -0.4 is 0 Å². The van der Waals surface area contributed by atoms with E-state index in [-0.39, 0.29) is 37.9 Å². The quantitative estimate of drug-likeness (QED) is 0.195. The highest BCUT2D eigenvalue weighted by atomic mass is 16.6. The van der Waals surface area contributed by atoms with E-state index in [1.807, 2.05) is 0 Å². The van der Waals surface area contributed by atoms with Gasteiger partial charge in [-0.2, -0.15) is 0 Å². The van der Waals surface area contributed by atoms with E-state index in [2.05, 4.69) is 13.8 Å². The zero-order valence-electron chi connectivity index (χ0n) is 19.7. The molecule has 0 fully saturated rings. The van der Waals surface area contributed by atoms with Crippen molar-refractivity contribution in [3.05, 3.63) is 0 Å². The largest absolute Gasteiger partial charge is 0.460 e. The molecule has 0 spiro atoms. The molecule has 0 saturated heterocycles. The van der Waals surface area contributed by atoms with Gasteiger partial charge in [0.2, 0.25) is 0 Å². The van der Waals surface area contributed by atoms with Crippen LogP contribution in [0.25, 0.3) is 0 Å². The molecule has 0 aliphatic carbocycles. The van der Waals surface area contributed by atoms with Gasteiger partial charge in [-0.05, 0) is 19.8 Å². The summed E-state index contributed by atoms with van der Waals surface area (Å²) in [5.74, 6) is -0.503. The Labute approximate surface area is 184 Å². The molecule has 1 N–H and O–H groups in total. The lowest BCUT2D eigenvalue weighted by molar-refractivity contribution is -0.157. The summed E-state index contributed by atoms with van der Waals surface area (Å²) in [4.78, 5) is 23.7. The monoisotopic (exact) mass is 430 g/mol. The molecule has 2 atom stereocenters. The average Bonchev–Trinajstić information content (AvgIpc) is 2.72. The predicted octanol–water partition coefficient (Wildman–Crippen LogP) is 5.34. The van der Waals surface area contributed by atoms with Gasteiger partial charge in [-0.1, -0.05) is 78.1 Å². The Morgan fingerprint density at radius 3 is 1.67 bits per heavy atom. The fourth-order valence-electron chi connectivity index (χ4n) is 3.15. The Morgan fingerprint density at radius 1 is 0.700 bits per heavy atom. The van der Waals surface area contributed by atoms with Crippen LogP contribution in [0.15, 0.2) is 0 Å². The minimum atomic E-state index is -0.677. The first kappa shape index (κ1) is 28.9. The number of rotatable bonds is 21. The van der Waals surface area contributed by atoms with Crippen molar-refractivity contribution in [2.75, 3.05) is 19.8 Å². The van der Waals surface area contributed by atoms with Crippen LogP contribution in [0, 0.1) is 0 Å². The van der Waals surface area contributed by atoms with Gasteiger partial charge < -0.3 is 19.3 Å². The number of aliphatic hydroxyl groups excluding tert-OH is 1. The maximum Gasteiger partial charge on any atom is 0.306 e. The molecule has 0 radical (unpaired) electrons. The van der Waals surface area contributed by atoms with Gasteiger partial charge in [-0.15, -0.1) is 0 Å². The Kier molecular flexibility index (Phi) is 20.3. The van der Waals surface area contributed by atoms with Crippen LogP contribution in [-0.4, -0.2) is 49.1 Å². The summed E-state index contributed by atoms with van der Waals surface area (Å²) in [6.45, 7) is 6.16. The number of carbonyl (C=O) groups is 2. The van der Waals surface area contributed by atoms with E-state index in [1.165, 1.54) is 44.9 Å². The highest BCUT2D eigenvalue weighted by molar-refractivity contribution is 5.69. The Bertz CT molecular complexity index is 413. The number of ether oxygens (including phenoxy) is 3. The predicted molar refractivity (Wildman–Crippen MR) is 119 cm³/mol. The molecule has 2 unspecified atom stereocenters. The molecule has 0 aromatic rings. The Balaban J connectivity index is 3.77. The summed E-state index contributed by atoms with van der Waals surface area (Å²) in [6, 6.07) is 0. The van der Waals surface area contributed by atoms with Crippen LogP contribution in [0.2, 0.25) is 0 Å². The van der Waals surface area contributed by atoms with Crippen LogP contribution in [-0.2, 0) is 23.8 Å². The lowest BCUT2D eigenvalue weighted by atomic mass is 10.1. The van der Waals surface area contributed by atoms with Crippen molar-refractivity contribution in [3.8, 4) is 0 Å². The standard InChI is InChI=1S/C24H46O6/c1-4-6-8-10-12-14-16-23(26)29-21(3)19-28-20-22(18-25)30-24(27)17-15-13-11-9-7-5-2/h21-22,25H,4-20H2,1-3H3. The maximum absolute atomic E-state index is 11.9. The molecule has 0 rings (SSSR count). The fraction of sp³-hybridized carbons (Fsp3) is 0.917. The van der Waals surface area contributed by atoms with E-state index in [0.717, 1.165) is 32.1 Å². The van der Waals surface area contributed by atoms with Crippen molar-refractivity contribution >= 4 is 11.9 Å². The lowest BCUT2D eigenvalue weighted by Gasteiger charge is -2.18. The topological polar surface area (TPSA) is 82.1 Å². The van der Waals surface area contributed by atoms with Gasteiger partial charge in [0, 0.05) is 12.8 Å². The van der Waals surface area contributed by atoms with Gasteiger partial charge in [0.15, 0.2) is 0 Å². The molecular weight excluding hydrogens is 384 g/mol. The van der Waals surface area contributed by atoms with Crippen molar-refractivity contribution in [1.82, 2.24) is 0 Å². The molecular formula is C24H46O6. The second kappa shape index (κ2) is 21.1. The molecule has 0 bridgehead atoms. The molecule has 178 valence electrons. The number of hydrogen-bond donors (Lipinski definition) is 1. The minimum absolute atomic E-state index is 0.0953. The number of hydrogen-bond acceptors (Lipinski definition) is 6. The van der Waals surface area contributed by atoms with Crippen LogP contribution in [0.1, 0.15) is 111 Å². The molecule has 0 aliphatic heterocycles. The van der Waals surface area contributed by atoms with Crippen molar-refractivity contribution < 1.29 is 28.9 Å². The summed E-state index contributed by atoms with van der Waals surface area (Å²) < 4.78 is 16.1. The van der Waals surface area contributed by atoms with Gasteiger partial charge in [0.1, 0.15) is 12.2 Å². The van der Waals surface area contributed by atoms with Crippen molar-refractivity contribution in [3.63, 3.8) is 0 Å². The van der Waals surface area contributed by atoms with E-state index in [9.17, 15) is 14.7 Å². The fourth-order valence-corrected chi connectivity index (χ4v) is 3.15. The first-order chi connectivity index (χ1) is 14.5. The minimum Gasteiger partial charge on any atom is -0.460 e. The molecule has 30 heavy (non-hydrogen) atoms. The van der Waals surface area contributed by atoms with Gasteiger partial charge in [-0.25, -0.2) is 0 Å². The molecule has 6 heteroatoms. The summed E-state index contributed by atoms with van der Waals surface area (Å²) >= 11 is 0. The van der Waals surface area contributed by atoms with E-state index >= 15 is 0 Å². The van der Waals surface area contributed by atoms with Gasteiger partial charge in [-0.3, -0.25) is 9.59 Å². The Morgan fingerprint density at radius 2 is 1.17 bits per heavy atom. The second-order valence-electron chi connectivity index (χ2n) is 8.17.